The summed E-state index contributed by atoms with van der Waals surface area (Å²) in [5, 5.41) is 20.6. The molecule has 41 heavy (non-hydrogen) atoms. The van der Waals surface area contributed by atoms with Crippen molar-refractivity contribution in [2.75, 3.05) is 32.8 Å². The first kappa shape index (κ1) is 29.8. The van der Waals surface area contributed by atoms with Crippen molar-refractivity contribution < 1.29 is 36.9 Å². The molecule has 1 aromatic carbocycles. The smallest absolute Gasteiger partial charge is 0.486 e. The van der Waals surface area contributed by atoms with Crippen LogP contribution in [-0.4, -0.2) is 70.6 Å². The van der Waals surface area contributed by atoms with E-state index in [0.717, 1.165) is 37.4 Å². The molecule has 2 aliphatic heterocycles. The first-order valence-corrected chi connectivity index (χ1v) is 12.8. The van der Waals surface area contributed by atoms with Crippen LogP contribution in [0.2, 0.25) is 0 Å². The van der Waals surface area contributed by atoms with Gasteiger partial charge in [-0.3, -0.25) is 9.78 Å². The van der Waals surface area contributed by atoms with Crippen LogP contribution in [0.15, 0.2) is 41.3 Å². The summed E-state index contributed by atoms with van der Waals surface area (Å²) >= 11 is 0. The molecule has 4 heterocycles. The maximum absolute atomic E-state index is 13.9. The molecule has 1 fully saturated rings. The minimum absolute atomic E-state index is 0.274. The van der Waals surface area contributed by atoms with Crippen LogP contribution in [0.3, 0.4) is 0 Å². The fourth-order valence-corrected chi connectivity index (χ4v) is 4.61. The Morgan fingerprint density at radius 3 is 2.46 bits per heavy atom. The lowest BCUT2D eigenvalue weighted by Crippen LogP contribution is -2.43. The Balaban J connectivity index is 0.000000493. The number of hydrogen-bond acceptors (Lipinski definition) is 8. The maximum Gasteiger partial charge on any atom is 0.490 e. The van der Waals surface area contributed by atoms with Crippen LogP contribution in [-0.2, 0) is 17.9 Å². The quantitative estimate of drug-likeness (QED) is 0.425. The molecule has 0 aliphatic carbocycles. The van der Waals surface area contributed by atoms with Crippen LogP contribution < -0.4 is 20.3 Å². The van der Waals surface area contributed by atoms with Gasteiger partial charge in [-0.2, -0.15) is 18.4 Å². The second kappa shape index (κ2) is 13.0. The molecule has 0 radical (unpaired) electrons. The molecular formula is C27H27F4N5O5. The molecule has 0 atom stereocenters. The van der Waals surface area contributed by atoms with Crippen LogP contribution in [0.4, 0.5) is 17.6 Å². The number of aliphatic carboxylic acids is 1. The SMILES string of the molecule is N#Cc1cc(=O)n(CCN2CCC(NCc3cc4c(cn3)OCCO4)CC2)c2cc(F)ccc12.O=C(O)C(F)(F)F. The summed E-state index contributed by atoms with van der Waals surface area (Å²) in [5.74, 6) is -1.74. The third-order valence-electron chi connectivity index (χ3n) is 6.72. The number of carbonyl (C=O) groups is 1. The minimum atomic E-state index is -5.08. The molecule has 0 spiro atoms. The van der Waals surface area contributed by atoms with Crippen LogP contribution in [0.25, 0.3) is 10.9 Å². The number of ether oxygens (including phenoxy) is 2. The average molecular weight is 578 g/mol. The predicted molar refractivity (Wildman–Crippen MR) is 138 cm³/mol. The molecule has 0 bridgehead atoms. The van der Waals surface area contributed by atoms with Gasteiger partial charge in [0.25, 0.3) is 5.56 Å². The van der Waals surface area contributed by atoms with E-state index in [-0.39, 0.29) is 11.1 Å². The molecule has 2 N–H and O–H groups in total. The highest BCUT2D eigenvalue weighted by atomic mass is 19.4. The van der Waals surface area contributed by atoms with Crippen LogP contribution in [0, 0.1) is 17.1 Å². The largest absolute Gasteiger partial charge is 0.490 e. The van der Waals surface area contributed by atoms with E-state index in [1.54, 1.807) is 16.8 Å². The number of carboxylic acids is 1. The Labute approximate surface area is 231 Å². The summed E-state index contributed by atoms with van der Waals surface area (Å²) in [4.78, 5) is 28.3. The zero-order valence-electron chi connectivity index (χ0n) is 21.8. The maximum atomic E-state index is 13.9. The van der Waals surface area contributed by atoms with Gasteiger partial charge >= 0.3 is 12.1 Å². The number of benzene rings is 1. The highest BCUT2D eigenvalue weighted by molar-refractivity contribution is 5.85. The van der Waals surface area contributed by atoms with Crippen LogP contribution >= 0.6 is 0 Å². The number of piperidine rings is 1. The Bertz CT molecular complexity index is 1500. The van der Waals surface area contributed by atoms with E-state index in [1.807, 2.05) is 12.1 Å². The summed E-state index contributed by atoms with van der Waals surface area (Å²) in [7, 11) is 0. The number of likely N-dealkylation sites (tertiary alicyclic amines) is 1. The highest BCUT2D eigenvalue weighted by Gasteiger charge is 2.38. The van der Waals surface area contributed by atoms with E-state index in [0.29, 0.717) is 55.5 Å². The number of rotatable bonds is 6. The first-order chi connectivity index (χ1) is 19.5. The standard InChI is InChI=1S/C25H26FN5O3.C2HF3O2/c26-18-1-2-21-17(14-27)11-25(32)31(22(21)12-18)8-7-30-5-3-19(4-6-30)28-15-20-13-23-24(16-29-20)34-10-9-33-23;3-2(4,5)1(6)7/h1-2,11-13,16,19,28H,3-10,15H2;(H,6,7). The highest BCUT2D eigenvalue weighted by Crippen LogP contribution is 2.29. The number of alkyl halides is 3. The number of nitrogens with zero attached hydrogens (tertiary/aromatic N) is 4. The van der Waals surface area contributed by atoms with Gasteiger partial charge in [0.05, 0.1) is 23.0 Å². The number of nitriles is 1. The molecule has 218 valence electrons. The predicted octanol–water partition coefficient (Wildman–Crippen LogP) is 3.07. The van der Waals surface area contributed by atoms with E-state index in [2.05, 4.69) is 15.2 Å². The Morgan fingerprint density at radius 2 is 1.80 bits per heavy atom. The minimum Gasteiger partial charge on any atom is -0.486 e. The number of hydrogen-bond donors (Lipinski definition) is 2. The molecule has 2 aliphatic rings. The number of pyridine rings is 2. The van der Waals surface area contributed by atoms with Gasteiger partial charge < -0.3 is 29.4 Å². The monoisotopic (exact) mass is 577 g/mol. The lowest BCUT2D eigenvalue weighted by Gasteiger charge is -2.32. The summed E-state index contributed by atoms with van der Waals surface area (Å²) in [6, 6.07) is 9.90. The molecule has 0 unspecified atom stereocenters. The molecule has 5 rings (SSSR count). The molecule has 2 aromatic heterocycles. The molecule has 0 saturated carbocycles. The molecule has 1 saturated heterocycles. The van der Waals surface area contributed by atoms with Crippen molar-refractivity contribution in [3.63, 3.8) is 0 Å². The zero-order valence-corrected chi connectivity index (χ0v) is 21.8. The van der Waals surface area contributed by atoms with Crippen LogP contribution in [0.5, 0.6) is 11.5 Å². The van der Waals surface area contributed by atoms with Crippen molar-refractivity contribution in [3.05, 3.63) is 64.0 Å². The Hall–Kier alpha value is -4.22. The summed E-state index contributed by atoms with van der Waals surface area (Å²) in [6.45, 7) is 4.73. The molecule has 0 amide bonds. The molecular weight excluding hydrogens is 550 g/mol. The van der Waals surface area contributed by atoms with E-state index < -0.39 is 18.0 Å². The third-order valence-corrected chi connectivity index (χ3v) is 6.72. The van der Waals surface area contributed by atoms with Crippen molar-refractivity contribution in [1.82, 2.24) is 19.8 Å². The average Bonchev–Trinajstić information content (AvgIpc) is 2.95. The van der Waals surface area contributed by atoms with E-state index >= 15 is 0 Å². The fourth-order valence-electron chi connectivity index (χ4n) is 4.61. The third kappa shape index (κ3) is 7.71. The Kier molecular flexibility index (Phi) is 9.41. The molecule has 3 aromatic rings. The van der Waals surface area contributed by atoms with Crippen molar-refractivity contribution >= 4 is 16.9 Å². The summed E-state index contributed by atoms with van der Waals surface area (Å²) in [6.07, 6.45) is -1.39. The summed E-state index contributed by atoms with van der Waals surface area (Å²) in [5.41, 5.74) is 1.38. The van der Waals surface area contributed by atoms with Gasteiger partial charge in [-0.15, -0.1) is 0 Å². The number of fused-ring (bicyclic) bond motifs is 2. The number of carboxylic acid groups (broad SMARTS) is 1. The summed E-state index contributed by atoms with van der Waals surface area (Å²) < 4.78 is 58.3. The van der Waals surface area contributed by atoms with Gasteiger partial charge in [-0.1, -0.05) is 0 Å². The van der Waals surface area contributed by atoms with E-state index in [4.69, 9.17) is 19.4 Å². The van der Waals surface area contributed by atoms with E-state index in [1.165, 1.54) is 18.2 Å². The van der Waals surface area contributed by atoms with Gasteiger partial charge in [0.1, 0.15) is 25.1 Å². The number of aromatic nitrogens is 2. The fraction of sp³-hybridized carbons (Fsp3) is 0.407. The molecule has 10 nitrogen and oxygen atoms in total. The van der Waals surface area contributed by atoms with Crippen LogP contribution in [0.1, 0.15) is 24.1 Å². The lowest BCUT2D eigenvalue weighted by atomic mass is 10.0. The van der Waals surface area contributed by atoms with E-state index in [9.17, 15) is 27.6 Å². The Morgan fingerprint density at radius 1 is 1.12 bits per heavy atom. The molecule has 14 heteroatoms. The van der Waals surface area contributed by atoms with Crippen molar-refractivity contribution in [2.24, 2.45) is 0 Å². The van der Waals surface area contributed by atoms with Gasteiger partial charge in [-0.25, -0.2) is 9.18 Å². The van der Waals surface area contributed by atoms with Crippen molar-refractivity contribution in [1.29, 1.82) is 5.26 Å². The van der Waals surface area contributed by atoms with Crippen molar-refractivity contribution in [3.8, 4) is 17.6 Å². The first-order valence-electron chi connectivity index (χ1n) is 12.8. The number of halogens is 4. The second-order valence-electron chi connectivity index (χ2n) is 9.44. The zero-order chi connectivity index (χ0) is 29.6. The number of nitrogens with one attached hydrogen (secondary N) is 1. The van der Waals surface area contributed by atoms with Gasteiger partial charge in [-0.05, 0) is 44.1 Å². The lowest BCUT2D eigenvalue weighted by molar-refractivity contribution is -0.192. The second-order valence-corrected chi connectivity index (χ2v) is 9.44. The normalized spacial score (nSPS) is 15.6. The van der Waals surface area contributed by atoms with Gasteiger partial charge in [0.15, 0.2) is 11.5 Å². The van der Waals surface area contributed by atoms with Gasteiger partial charge in [0, 0.05) is 43.2 Å². The van der Waals surface area contributed by atoms with Crippen molar-refractivity contribution in [2.45, 2.75) is 38.1 Å². The topological polar surface area (TPSA) is 130 Å². The van der Waals surface area contributed by atoms with Gasteiger partial charge in [0.2, 0.25) is 0 Å².